The maximum atomic E-state index is 13.9. The van der Waals surface area contributed by atoms with E-state index in [2.05, 4.69) is 22.0 Å². The van der Waals surface area contributed by atoms with Crippen LogP contribution in [0.15, 0.2) is 66.7 Å². The van der Waals surface area contributed by atoms with E-state index in [0.717, 1.165) is 39.2 Å². The number of ether oxygens (including phenoxy) is 3. The lowest BCUT2D eigenvalue weighted by Gasteiger charge is -2.37. The van der Waals surface area contributed by atoms with Crippen LogP contribution in [-0.4, -0.2) is 47.8 Å². The molecule has 2 aliphatic heterocycles. The maximum Gasteiger partial charge on any atom is 0.256 e. The molecule has 37 heavy (non-hydrogen) atoms. The van der Waals surface area contributed by atoms with Gasteiger partial charge in [0, 0.05) is 23.0 Å². The smallest absolute Gasteiger partial charge is 0.256 e. The number of hydrogen-bond acceptors (Lipinski definition) is 5. The molecule has 0 radical (unpaired) electrons. The van der Waals surface area contributed by atoms with Crippen LogP contribution in [0.5, 0.6) is 17.2 Å². The molecule has 0 spiro atoms. The highest BCUT2D eigenvalue weighted by molar-refractivity contribution is 7.80. The molecule has 2 aliphatic rings. The van der Waals surface area contributed by atoms with Crippen molar-refractivity contribution in [2.75, 3.05) is 25.7 Å². The largest absolute Gasteiger partial charge is 0.494 e. The van der Waals surface area contributed by atoms with Gasteiger partial charge in [-0.25, -0.2) is 0 Å². The van der Waals surface area contributed by atoms with Crippen LogP contribution in [-0.2, 0) is 11.2 Å². The van der Waals surface area contributed by atoms with Crippen LogP contribution in [0.25, 0.3) is 10.9 Å². The van der Waals surface area contributed by atoms with Gasteiger partial charge in [-0.05, 0) is 72.7 Å². The number of H-pyrrole nitrogens is 1. The van der Waals surface area contributed by atoms with Crippen molar-refractivity contribution in [2.24, 2.45) is 0 Å². The Morgan fingerprint density at radius 1 is 1.00 bits per heavy atom. The Balaban J connectivity index is 1.49. The first-order chi connectivity index (χ1) is 18.0. The van der Waals surface area contributed by atoms with Crippen molar-refractivity contribution >= 4 is 39.8 Å². The number of amides is 1. The quantitative estimate of drug-likeness (QED) is 0.356. The van der Waals surface area contributed by atoms with E-state index >= 15 is 0 Å². The van der Waals surface area contributed by atoms with Crippen LogP contribution < -0.4 is 19.1 Å². The summed E-state index contributed by atoms with van der Waals surface area (Å²) < 4.78 is 16.7. The van der Waals surface area contributed by atoms with Gasteiger partial charge in [0.15, 0.2) is 16.6 Å². The fraction of sp³-hybridized carbons (Fsp3) is 0.241. The standard InChI is InChI=1S/C29H27N3O4S/c1-4-36-19-12-10-18(11-13-19)31-28(33)23-16-21-20-7-5-6-8-22(20)30-26(21)27(32(23)29(31)37)17-9-14-24(34-2)25(15-17)35-3/h5-15,23,27,30H,4,16H2,1-3H3/t23-,27+/m1/s1. The summed E-state index contributed by atoms with van der Waals surface area (Å²) in [5.74, 6) is 1.99. The van der Waals surface area contributed by atoms with Gasteiger partial charge < -0.3 is 24.1 Å². The second-order valence-corrected chi connectivity index (χ2v) is 9.46. The topological polar surface area (TPSA) is 67.0 Å². The second kappa shape index (κ2) is 9.12. The van der Waals surface area contributed by atoms with E-state index in [4.69, 9.17) is 26.4 Å². The summed E-state index contributed by atoms with van der Waals surface area (Å²) in [6, 6.07) is 20.9. The number of nitrogens with one attached hydrogen (secondary N) is 1. The number of benzene rings is 3. The number of rotatable bonds is 6. The molecule has 3 heterocycles. The molecule has 7 nitrogen and oxygen atoms in total. The van der Waals surface area contributed by atoms with Gasteiger partial charge in [-0.15, -0.1) is 0 Å². The number of nitrogens with zero attached hydrogens (tertiary/aromatic N) is 2. The average Bonchev–Trinajstić information content (AvgIpc) is 3.42. The Labute approximate surface area is 220 Å². The van der Waals surface area contributed by atoms with Crippen molar-refractivity contribution < 1.29 is 19.0 Å². The lowest BCUT2D eigenvalue weighted by atomic mass is 9.88. The Kier molecular flexibility index (Phi) is 5.76. The van der Waals surface area contributed by atoms with Crippen molar-refractivity contribution in [1.29, 1.82) is 0 Å². The molecular weight excluding hydrogens is 486 g/mol. The summed E-state index contributed by atoms with van der Waals surface area (Å²) in [6.07, 6.45) is 0.565. The first-order valence-electron chi connectivity index (χ1n) is 12.3. The van der Waals surface area contributed by atoms with Crippen molar-refractivity contribution in [3.05, 3.63) is 83.6 Å². The van der Waals surface area contributed by atoms with E-state index in [1.807, 2.05) is 61.5 Å². The number of anilines is 1. The molecule has 4 aromatic rings. The first kappa shape index (κ1) is 23.4. The van der Waals surface area contributed by atoms with Crippen LogP contribution in [0.2, 0.25) is 0 Å². The molecule has 1 amide bonds. The molecule has 1 aromatic heterocycles. The van der Waals surface area contributed by atoms with Crippen LogP contribution in [0.1, 0.15) is 29.8 Å². The minimum Gasteiger partial charge on any atom is -0.494 e. The summed E-state index contributed by atoms with van der Waals surface area (Å²) >= 11 is 6.01. The van der Waals surface area contributed by atoms with E-state index in [1.54, 1.807) is 19.1 Å². The number of methoxy groups -OCH3 is 2. The predicted molar refractivity (Wildman–Crippen MR) is 147 cm³/mol. The zero-order valence-corrected chi connectivity index (χ0v) is 21.7. The van der Waals surface area contributed by atoms with Gasteiger partial charge in [0.25, 0.3) is 5.91 Å². The van der Waals surface area contributed by atoms with Gasteiger partial charge in [0.2, 0.25) is 0 Å². The Bertz CT molecular complexity index is 1510. The highest BCUT2D eigenvalue weighted by atomic mass is 32.1. The third-order valence-electron chi connectivity index (χ3n) is 7.18. The molecule has 2 atom stereocenters. The summed E-state index contributed by atoms with van der Waals surface area (Å²) in [5.41, 5.74) is 4.90. The SMILES string of the molecule is CCOc1ccc(N2C(=O)[C@H]3Cc4c([nH]c5ccccc45)[C@H](c4ccc(OC)c(OC)c4)N3C2=S)cc1. The number of carbonyl (C=O) groups excluding carboxylic acids is 1. The molecule has 3 aromatic carbocycles. The molecule has 1 N–H and O–H groups in total. The molecule has 1 fully saturated rings. The summed E-state index contributed by atoms with van der Waals surface area (Å²) in [4.78, 5) is 21.3. The number of para-hydroxylation sites is 1. The van der Waals surface area contributed by atoms with Gasteiger partial charge in [0.1, 0.15) is 11.8 Å². The third-order valence-corrected chi connectivity index (χ3v) is 7.57. The summed E-state index contributed by atoms with van der Waals surface area (Å²) in [7, 11) is 3.24. The van der Waals surface area contributed by atoms with E-state index < -0.39 is 6.04 Å². The minimum atomic E-state index is -0.427. The van der Waals surface area contributed by atoms with Gasteiger partial charge >= 0.3 is 0 Å². The van der Waals surface area contributed by atoms with E-state index in [1.165, 1.54) is 0 Å². The lowest BCUT2D eigenvalue weighted by molar-refractivity contribution is -0.120. The van der Waals surface area contributed by atoms with E-state index in [0.29, 0.717) is 29.6 Å². The zero-order chi connectivity index (χ0) is 25.7. The van der Waals surface area contributed by atoms with E-state index in [9.17, 15) is 4.79 Å². The number of thiocarbonyl (C=S) groups is 1. The van der Waals surface area contributed by atoms with Crippen molar-refractivity contribution in [3.63, 3.8) is 0 Å². The van der Waals surface area contributed by atoms with Crippen molar-refractivity contribution in [1.82, 2.24) is 9.88 Å². The first-order valence-corrected chi connectivity index (χ1v) is 12.7. The second-order valence-electron chi connectivity index (χ2n) is 9.09. The zero-order valence-electron chi connectivity index (χ0n) is 20.9. The number of fused-ring (bicyclic) bond motifs is 4. The van der Waals surface area contributed by atoms with Gasteiger partial charge in [-0.3, -0.25) is 9.69 Å². The van der Waals surface area contributed by atoms with Crippen LogP contribution in [0.3, 0.4) is 0 Å². The van der Waals surface area contributed by atoms with Crippen LogP contribution >= 0.6 is 12.2 Å². The fourth-order valence-electron chi connectivity index (χ4n) is 5.54. The number of aromatic nitrogens is 1. The molecule has 0 saturated carbocycles. The Morgan fingerprint density at radius 2 is 1.76 bits per heavy atom. The normalized spacial score (nSPS) is 18.7. The lowest BCUT2D eigenvalue weighted by Crippen LogP contribution is -2.44. The number of carbonyl (C=O) groups is 1. The predicted octanol–water partition coefficient (Wildman–Crippen LogP) is 5.23. The maximum absolute atomic E-state index is 13.9. The van der Waals surface area contributed by atoms with E-state index in [-0.39, 0.29) is 11.9 Å². The molecule has 188 valence electrons. The highest BCUT2D eigenvalue weighted by Crippen LogP contribution is 2.46. The fourth-order valence-corrected chi connectivity index (χ4v) is 5.97. The highest BCUT2D eigenvalue weighted by Gasteiger charge is 2.51. The third kappa shape index (κ3) is 3.62. The van der Waals surface area contributed by atoms with Crippen molar-refractivity contribution in [2.45, 2.75) is 25.4 Å². The Morgan fingerprint density at radius 3 is 2.49 bits per heavy atom. The average molecular weight is 514 g/mol. The van der Waals surface area contributed by atoms with Gasteiger partial charge in [-0.2, -0.15) is 0 Å². The molecule has 8 heteroatoms. The molecule has 0 aliphatic carbocycles. The number of aromatic amines is 1. The van der Waals surface area contributed by atoms with Crippen LogP contribution in [0, 0.1) is 0 Å². The molecule has 0 bridgehead atoms. The minimum absolute atomic E-state index is 0.0319. The Hall–Kier alpha value is -4.04. The molecular formula is C29H27N3O4S. The van der Waals surface area contributed by atoms with Gasteiger partial charge in [-0.1, -0.05) is 24.3 Å². The van der Waals surface area contributed by atoms with Crippen LogP contribution in [0.4, 0.5) is 5.69 Å². The number of hydrogen-bond donors (Lipinski definition) is 1. The summed E-state index contributed by atoms with van der Waals surface area (Å²) in [5, 5.41) is 1.60. The van der Waals surface area contributed by atoms with Crippen molar-refractivity contribution in [3.8, 4) is 17.2 Å². The van der Waals surface area contributed by atoms with Gasteiger partial charge in [0.05, 0.1) is 32.6 Å². The molecule has 0 unspecified atom stereocenters. The molecule has 6 rings (SSSR count). The summed E-state index contributed by atoms with van der Waals surface area (Å²) in [6.45, 7) is 2.52. The monoisotopic (exact) mass is 513 g/mol. The molecule has 1 saturated heterocycles.